The van der Waals surface area contributed by atoms with Crippen LogP contribution >= 0.6 is 0 Å². The zero-order valence-electron chi connectivity index (χ0n) is 14.0. The molecule has 0 aromatic heterocycles. The van der Waals surface area contributed by atoms with Gasteiger partial charge in [0.25, 0.3) is 0 Å². The summed E-state index contributed by atoms with van der Waals surface area (Å²) >= 11 is 0. The van der Waals surface area contributed by atoms with Gasteiger partial charge in [0.1, 0.15) is 5.75 Å². The quantitative estimate of drug-likeness (QED) is 0.736. The molecule has 1 N–H and O–H groups in total. The second-order valence-corrected chi connectivity index (χ2v) is 6.17. The van der Waals surface area contributed by atoms with E-state index in [1.807, 2.05) is 0 Å². The van der Waals surface area contributed by atoms with E-state index in [2.05, 4.69) is 44.3 Å². The van der Waals surface area contributed by atoms with Gasteiger partial charge in [-0.1, -0.05) is 52.2 Å². The van der Waals surface area contributed by atoms with Gasteiger partial charge < -0.3 is 10.1 Å². The summed E-state index contributed by atoms with van der Waals surface area (Å²) in [6.45, 7) is 8.72. The predicted molar refractivity (Wildman–Crippen MR) is 90.0 cm³/mol. The summed E-state index contributed by atoms with van der Waals surface area (Å²) in [4.78, 5) is 0. The first-order chi connectivity index (χ1) is 10.3. The summed E-state index contributed by atoms with van der Waals surface area (Å²) < 4.78 is 5.75. The van der Waals surface area contributed by atoms with Crippen molar-refractivity contribution in [1.82, 2.24) is 5.32 Å². The molecule has 1 aliphatic heterocycles. The fourth-order valence-electron chi connectivity index (χ4n) is 3.42. The van der Waals surface area contributed by atoms with Gasteiger partial charge >= 0.3 is 0 Å². The molecule has 0 saturated heterocycles. The number of benzene rings is 1. The van der Waals surface area contributed by atoms with Gasteiger partial charge in [0.05, 0.1) is 6.61 Å². The van der Waals surface area contributed by atoms with Gasteiger partial charge in [-0.2, -0.15) is 0 Å². The fourth-order valence-corrected chi connectivity index (χ4v) is 3.42. The van der Waals surface area contributed by atoms with Crippen LogP contribution in [0.25, 0.3) is 0 Å². The molecule has 1 heterocycles. The summed E-state index contributed by atoms with van der Waals surface area (Å²) in [6, 6.07) is 7.32. The summed E-state index contributed by atoms with van der Waals surface area (Å²) in [5, 5.41) is 3.72. The first kappa shape index (κ1) is 16.4. The normalized spacial score (nSPS) is 16.9. The van der Waals surface area contributed by atoms with Gasteiger partial charge in [0, 0.05) is 6.04 Å². The first-order valence-electron chi connectivity index (χ1n) is 8.79. The van der Waals surface area contributed by atoms with Gasteiger partial charge in [-0.05, 0) is 48.9 Å². The Morgan fingerprint density at radius 1 is 1.24 bits per heavy atom. The minimum Gasteiger partial charge on any atom is -0.493 e. The third-order valence-corrected chi connectivity index (χ3v) is 4.64. The Bertz CT molecular complexity index is 430. The zero-order chi connectivity index (χ0) is 15.1. The summed E-state index contributed by atoms with van der Waals surface area (Å²) in [5.41, 5.74) is 2.84. The van der Waals surface area contributed by atoms with Crippen LogP contribution in [0.4, 0.5) is 0 Å². The number of aryl methyl sites for hydroxylation is 1. The van der Waals surface area contributed by atoms with E-state index in [0.29, 0.717) is 6.04 Å². The second kappa shape index (κ2) is 8.43. The lowest BCUT2D eigenvalue weighted by Gasteiger charge is -2.29. The van der Waals surface area contributed by atoms with E-state index in [1.165, 1.54) is 36.8 Å². The van der Waals surface area contributed by atoms with Crippen LogP contribution in [0.3, 0.4) is 0 Å². The molecular weight excluding hydrogens is 258 g/mol. The topological polar surface area (TPSA) is 21.3 Å². The van der Waals surface area contributed by atoms with Gasteiger partial charge in [0.2, 0.25) is 0 Å². The van der Waals surface area contributed by atoms with Gasteiger partial charge in [-0.3, -0.25) is 0 Å². The molecule has 1 aromatic rings. The standard InChI is InChI=1S/C19H31NO/c1-4-7-9-15(5-2)19(20-6-3)17-11-12-18-16(14-17)10-8-13-21-18/h11-12,14-15,19-20H,4-10,13H2,1-3H3. The zero-order valence-corrected chi connectivity index (χ0v) is 14.0. The monoisotopic (exact) mass is 289 g/mol. The number of ether oxygens (including phenoxy) is 1. The molecule has 2 rings (SSSR count). The van der Waals surface area contributed by atoms with Crippen LogP contribution in [0, 0.1) is 5.92 Å². The van der Waals surface area contributed by atoms with Crippen LogP contribution in [-0.4, -0.2) is 13.2 Å². The maximum Gasteiger partial charge on any atom is 0.122 e. The van der Waals surface area contributed by atoms with Crippen LogP contribution < -0.4 is 10.1 Å². The average Bonchev–Trinajstić information content (AvgIpc) is 2.54. The Kier molecular flexibility index (Phi) is 6.56. The average molecular weight is 289 g/mol. The maximum absolute atomic E-state index is 5.75. The van der Waals surface area contributed by atoms with Crippen LogP contribution in [0.2, 0.25) is 0 Å². The number of rotatable bonds is 8. The van der Waals surface area contributed by atoms with E-state index in [-0.39, 0.29) is 0 Å². The molecule has 21 heavy (non-hydrogen) atoms. The molecule has 2 nitrogen and oxygen atoms in total. The van der Waals surface area contributed by atoms with Crippen molar-refractivity contribution in [3.8, 4) is 5.75 Å². The first-order valence-corrected chi connectivity index (χ1v) is 8.79. The van der Waals surface area contributed by atoms with Crippen LogP contribution in [-0.2, 0) is 6.42 Å². The molecule has 1 aliphatic rings. The fraction of sp³-hybridized carbons (Fsp3) is 0.684. The van der Waals surface area contributed by atoms with E-state index < -0.39 is 0 Å². The summed E-state index contributed by atoms with van der Waals surface area (Å²) in [6.07, 6.45) is 7.48. The maximum atomic E-state index is 5.75. The Morgan fingerprint density at radius 2 is 2.10 bits per heavy atom. The van der Waals surface area contributed by atoms with Gasteiger partial charge in [-0.25, -0.2) is 0 Å². The molecule has 0 fully saturated rings. The third kappa shape index (κ3) is 4.23. The number of fused-ring (bicyclic) bond motifs is 1. The largest absolute Gasteiger partial charge is 0.493 e. The Morgan fingerprint density at radius 3 is 2.81 bits per heavy atom. The lowest BCUT2D eigenvalue weighted by Crippen LogP contribution is -2.28. The molecular formula is C19H31NO. The van der Waals surface area contributed by atoms with Crippen LogP contribution in [0.15, 0.2) is 18.2 Å². The molecule has 0 bridgehead atoms. The highest BCUT2D eigenvalue weighted by Gasteiger charge is 2.22. The van der Waals surface area contributed by atoms with Crippen molar-refractivity contribution in [2.24, 2.45) is 5.92 Å². The predicted octanol–water partition coefficient (Wildman–Crippen LogP) is 4.88. The van der Waals surface area contributed by atoms with Gasteiger partial charge in [-0.15, -0.1) is 0 Å². The molecule has 0 aliphatic carbocycles. The molecule has 0 radical (unpaired) electrons. The van der Waals surface area contributed by atoms with Crippen molar-refractivity contribution >= 4 is 0 Å². The molecule has 2 heteroatoms. The highest BCUT2D eigenvalue weighted by Crippen LogP contribution is 2.33. The van der Waals surface area contributed by atoms with Crippen molar-refractivity contribution in [2.75, 3.05) is 13.2 Å². The number of nitrogens with one attached hydrogen (secondary N) is 1. The van der Waals surface area contributed by atoms with Crippen molar-refractivity contribution in [1.29, 1.82) is 0 Å². The highest BCUT2D eigenvalue weighted by molar-refractivity contribution is 5.39. The van der Waals surface area contributed by atoms with Crippen molar-refractivity contribution in [3.63, 3.8) is 0 Å². The van der Waals surface area contributed by atoms with Crippen molar-refractivity contribution in [2.45, 2.75) is 65.3 Å². The number of hydrogen-bond donors (Lipinski definition) is 1. The summed E-state index contributed by atoms with van der Waals surface area (Å²) in [7, 11) is 0. The SMILES string of the molecule is CCCCC(CC)C(NCC)c1ccc2c(c1)CCCO2. The van der Waals surface area contributed by atoms with Crippen LogP contribution in [0.5, 0.6) is 5.75 Å². The van der Waals surface area contributed by atoms with E-state index in [0.717, 1.165) is 37.7 Å². The Hall–Kier alpha value is -1.02. The number of hydrogen-bond acceptors (Lipinski definition) is 2. The Balaban J connectivity index is 2.19. The van der Waals surface area contributed by atoms with Crippen LogP contribution in [0.1, 0.15) is 70.0 Å². The lowest BCUT2D eigenvalue weighted by molar-refractivity contribution is 0.287. The lowest BCUT2D eigenvalue weighted by atomic mass is 9.85. The van der Waals surface area contributed by atoms with E-state index in [4.69, 9.17) is 4.74 Å². The second-order valence-electron chi connectivity index (χ2n) is 6.17. The van der Waals surface area contributed by atoms with Gasteiger partial charge in [0.15, 0.2) is 0 Å². The Labute approximate surface area is 130 Å². The molecule has 118 valence electrons. The molecule has 2 atom stereocenters. The molecule has 2 unspecified atom stereocenters. The molecule has 0 spiro atoms. The molecule has 1 aromatic carbocycles. The highest BCUT2D eigenvalue weighted by atomic mass is 16.5. The van der Waals surface area contributed by atoms with E-state index >= 15 is 0 Å². The molecule has 0 amide bonds. The van der Waals surface area contributed by atoms with Crippen molar-refractivity contribution in [3.05, 3.63) is 29.3 Å². The summed E-state index contributed by atoms with van der Waals surface area (Å²) in [5.74, 6) is 1.83. The van der Waals surface area contributed by atoms with E-state index in [1.54, 1.807) is 0 Å². The number of unbranched alkanes of at least 4 members (excludes halogenated alkanes) is 1. The smallest absolute Gasteiger partial charge is 0.122 e. The third-order valence-electron chi connectivity index (χ3n) is 4.64. The van der Waals surface area contributed by atoms with Crippen molar-refractivity contribution < 1.29 is 4.74 Å². The molecule has 0 saturated carbocycles. The minimum atomic E-state index is 0.485. The minimum absolute atomic E-state index is 0.485. The van der Waals surface area contributed by atoms with E-state index in [9.17, 15) is 0 Å².